The normalized spacial score (nSPS) is 11.9. The van der Waals surface area contributed by atoms with Crippen molar-refractivity contribution < 1.29 is 9.53 Å². The molecule has 0 heterocycles. The Morgan fingerprint density at radius 1 is 1.05 bits per heavy atom. The Bertz CT molecular complexity index is 543. The highest BCUT2D eigenvalue weighted by Crippen LogP contribution is 2.24. The molecule has 2 nitrogen and oxygen atoms in total. The molecule has 0 N–H and O–H groups in total. The quantitative estimate of drug-likeness (QED) is 0.791. The van der Waals surface area contributed by atoms with Gasteiger partial charge in [-0.2, -0.15) is 0 Å². The van der Waals surface area contributed by atoms with E-state index in [9.17, 15) is 4.79 Å². The van der Waals surface area contributed by atoms with Crippen molar-refractivity contribution >= 4 is 5.78 Å². The summed E-state index contributed by atoms with van der Waals surface area (Å²) in [5.41, 5.74) is 2.14. The minimum Gasteiger partial charge on any atom is -0.497 e. The van der Waals surface area contributed by atoms with E-state index in [0.29, 0.717) is 6.42 Å². The lowest BCUT2D eigenvalue weighted by atomic mass is 9.89. The monoisotopic (exact) mass is 268 g/mol. The Kier molecular flexibility index (Phi) is 4.94. The fraction of sp³-hybridized carbons (Fsp3) is 0.278. The third-order valence-electron chi connectivity index (χ3n) is 3.54. The van der Waals surface area contributed by atoms with Crippen LogP contribution in [0.3, 0.4) is 0 Å². The van der Waals surface area contributed by atoms with Gasteiger partial charge in [0, 0.05) is 12.3 Å². The fourth-order valence-corrected chi connectivity index (χ4v) is 2.41. The van der Waals surface area contributed by atoms with Crippen LogP contribution in [0.2, 0.25) is 0 Å². The Morgan fingerprint density at radius 2 is 1.70 bits per heavy atom. The molecule has 2 heteroatoms. The zero-order valence-corrected chi connectivity index (χ0v) is 12.0. The largest absolute Gasteiger partial charge is 0.497 e. The molecular weight excluding hydrogens is 248 g/mol. The van der Waals surface area contributed by atoms with E-state index in [1.165, 1.54) is 0 Å². The molecule has 0 aliphatic heterocycles. The van der Waals surface area contributed by atoms with Gasteiger partial charge in [0.1, 0.15) is 11.5 Å². The highest BCUT2D eigenvalue weighted by atomic mass is 16.5. The molecule has 0 fully saturated rings. The van der Waals surface area contributed by atoms with Gasteiger partial charge in [0.25, 0.3) is 0 Å². The van der Waals surface area contributed by atoms with E-state index in [1.807, 2.05) is 54.6 Å². The van der Waals surface area contributed by atoms with Gasteiger partial charge in [-0.25, -0.2) is 0 Å². The molecule has 0 saturated carbocycles. The molecule has 1 atom stereocenters. The summed E-state index contributed by atoms with van der Waals surface area (Å²) >= 11 is 0. The minimum atomic E-state index is -0.0406. The van der Waals surface area contributed by atoms with Gasteiger partial charge < -0.3 is 4.74 Å². The van der Waals surface area contributed by atoms with Gasteiger partial charge in [-0.3, -0.25) is 4.79 Å². The molecule has 0 amide bonds. The minimum absolute atomic E-state index is 0.0406. The predicted molar refractivity (Wildman–Crippen MR) is 81.2 cm³/mol. The van der Waals surface area contributed by atoms with Crippen LogP contribution in [0.25, 0.3) is 0 Å². The molecule has 2 aromatic carbocycles. The molecule has 1 unspecified atom stereocenters. The van der Waals surface area contributed by atoms with Crippen LogP contribution in [0.15, 0.2) is 54.6 Å². The smallest absolute Gasteiger partial charge is 0.144 e. The van der Waals surface area contributed by atoms with Crippen molar-refractivity contribution in [3.05, 3.63) is 65.7 Å². The molecule has 0 spiro atoms. The van der Waals surface area contributed by atoms with Crippen molar-refractivity contribution in [1.82, 2.24) is 0 Å². The maximum absolute atomic E-state index is 12.5. The van der Waals surface area contributed by atoms with Gasteiger partial charge in [-0.15, -0.1) is 0 Å². The summed E-state index contributed by atoms with van der Waals surface area (Å²) in [5.74, 6) is 1.05. The lowest BCUT2D eigenvalue weighted by Crippen LogP contribution is -2.14. The molecular formula is C18H20O2. The number of carbonyl (C=O) groups is 1. The molecule has 0 aliphatic rings. The van der Waals surface area contributed by atoms with Crippen LogP contribution in [0, 0.1) is 0 Å². The Balaban J connectivity index is 2.12. The van der Waals surface area contributed by atoms with Gasteiger partial charge in [-0.1, -0.05) is 49.4 Å². The van der Waals surface area contributed by atoms with E-state index >= 15 is 0 Å². The van der Waals surface area contributed by atoms with Crippen LogP contribution in [0.4, 0.5) is 0 Å². The Hall–Kier alpha value is -2.09. The second-order valence-electron chi connectivity index (χ2n) is 4.86. The number of rotatable bonds is 6. The third kappa shape index (κ3) is 3.47. The van der Waals surface area contributed by atoms with E-state index in [4.69, 9.17) is 4.74 Å². The lowest BCUT2D eigenvalue weighted by molar-refractivity contribution is -0.119. The first-order chi connectivity index (χ1) is 9.74. The number of hydrogen-bond acceptors (Lipinski definition) is 2. The summed E-state index contributed by atoms with van der Waals surface area (Å²) in [4.78, 5) is 12.5. The summed E-state index contributed by atoms with van der Waals surface area (Å²) in [7, 11) is 1.65. The van der Waals surface area contributed by atoms with Gasteiger partial charge in [-0.05, 0) is 29.7 Å². The number of ketones is 1. The number of methoxy groups -OCH3 is 1. The molecule has 2 rings (SSSR count). The molecule has 0 saturated heterocycles. The molecule has 0 aliphatic carbocycles. The van der Waals surface area contributed by atoms with Crippen molar-refractivity contribution in [2.45, 2.75) is 25.7 Å². The summed E-state index contributed by atoms with van der Waals surface area (Å²) in [6.45, 7) is 2.05. The molecule has 0 aromatic heterocycles. The van der Waals surface area contributed by atoms with Crippen molar-refractivity contribution in [2.75, 3.05) is 7.11 Å². The summed E-state index contributed by atoms with van der Waals surface area (Å²) in [5, 5.41) is 0. The maximum Gasteiger partial charge on any atom is 0.144 e. The summed E-state index contributed by atoms with van der Waals surface area (Å²) in [6.07, 6.45) is 1.31. The van der Waals surface area contributed by atoms with E-state index in [2.05, 4.69) is 6.92 Å². The average Bonchev–Trinajstić information content (AvgIpc) is 2.49. The summed E-state index contributed by atoms with van der Waals surface area (Å²) in [6, 6.07) is 17.7. The van der Waals surface area contributed by atoms with Crippen LogP contribution < -0.4 is 4.74 Å². The molecule has 2 aromatic rings. The zero-order chi connectivity index (χ0) is 14.4. The third-order valence-corrected chi connectivity index (χ3v) is 3.54. The van der Waals surface area contributed by atoms with Crippen molar-refractivity contribution in [3.8, 4) is 5.75 Å². The first-order valence-electron chi connectivity index (χ1n) is 6.95. The highest BCUT2D eigenvalue weighted by molar-refractivity contribution is 5.87. The van der Waals surface area contributed by atoms with E-state index < -0.39 is 0 Å². The summed E-state index contributed by atoms with van der Waals surface area (Å²) < 4.78 is 5.15. The molecule has 0 bridgehead atoms. The standard InChI is InChI=1S/C18H20O2/c1-3-17(15-9-11-16(20-2)12-10-15)18(19)13-14-7-5-4-6-8-14/h4-12,17H,3,13H2,1-2H3. The lowest BCUT2D eigenvalue weighted by Gasteiger charge is -2.14. The van der Waals surface area contributed by atoms with Crippen LogP contribution in [0.1, 0.15) is 30.4 Å². The van der Waals surface area contributed by atoms with Crippen LogP contribution in [-0.2, 0) is 11.2 Å². The van der Waals surface area contributed by atoms with Gasteiger partial charge in [0.2, 0.25) is 0 Å². The van der Waals surface area contributed by atoms with Crippen molar-refractivity contribution in [2.24, 2.45) is 0 Å². The topological polar surface area (TPSA) is 26.3 Å². The van der Waals surface area contributed by atoms with Crippen LogP contribution in [0.5, 0.6) is 5.75 Å². The SMILES string of the molecule is CCC(C(=O)Cc1ccccc1)c1ccc(OC)cc1. The average molecular weight is 268 g/mol. The first kappa shape index (κ1) is 14.3. The Labute approximate surface area is 120 Å². The number of benzene rings is 2. The van der Waals surface area contributed by atoms with Crippen molar-refractivity contribution in [3.63, 3.8) is 0 Å². The van der Waals surface area contributed by atoms with E-state index in [1.54, 1.807) is 7.11 Å². The number of carbonyl (C=O) groups excluding carboxylic acids is 1. The second kappa shape index (κ2) is 6.90. The van der Waals surface area contributed by atoms with Crippen LogP contribution >= 0.6 is 0 Å². The van der Waals surface area contributed by atoms with E-state index in [-0.39, 0.29) is 11.7 Å². The molecule has 0 radical (unpaired) electrons. The second-order valence-corrected chi connectivity index (χ2v) is 4.86. The van der Waals surface area contributed by atoms with Gasteiger partial charge in [0.15, 0.2) is 0 Å². The van der Waals surface area contributed by atoms with Crippen LogP contribution in [-0.4, -0.2) is 12.9 Å². The number of ether oxygens (including phenoxy) is 1. The highest BCUT2D eigenvalue weighted by Gasteiger charge is 2.18. The number of Topliss-reactive ketones (excluding diaryl/α,β-unsaturated/α-hetero) is 1. The molecule has 20 heavy (non-hydrogen) atoms. The predicted octanol–water partition coefficient (Wildman–Crippen LogP) is 4.00. The van der Waals surface area contributed by atoms with Crippen molar-refractivity contribution in [1.29, 1.82) is 0 Å². The Morgan fingerprint density at radius 3 is 2.25 bits per heavy atom. The van der Waals surface area contributed by atoms with E-state index in [0.717, 1.165) is 23.3 Å². The first-order valence-corrected chi connectivity index (χ1v) is 6.95. The number of hydrogen-bond donors (Lipinski definition) is 0. The van der Waals surface area contributed by atoms with Gasteiger partial charge >= 0.3 is 0 Å². The van der Waals surface area contributed by atoms with Gasteiger partial charge in [0.05, 0.1) is 7.11 Å². The maximum atomic E-state index is 12.5. The molecule has 104 valence electrons. The fourth-order valence-electron chi connectivity index (χ4n) is 2.41. The zero-order valence-electron chi connectivity index (χ0n) is 12.0.